The monoisotopic (exact) mass is 376 g/mol. The van der Waals surface area contributed by atoms with Crippen LogP contribution in [0.25, 0.3) is 0 Å². The van der Waals surface area contributed by atoms with Gasteiger partial charge in [-0.3, -0.25) is 0 Å². The van der Waals surface area contributed by atoms with E-state index in [0.29, 0.717) is 0 Å². The minimum Gasteiger partial charge on any atom is -0.396 e. The van der Waals surface area contributed by atoms with Crippen LogP contribution in [0.4, 0.5) is 0 Å². The zero-order valence-corrected chi connectivity index (χ0v) is 16.3. The summed E-state index contributed by atoms with van der Waals surface area (Å²) in [6.07, 6.45) is 10.1. The number of hydrogen-bond acceptors (Lipinski definition) is 6. The summed E-state index contributed by atoms with van der Waals surface area (Å²) >= 11 is 0. The Bertz CT molecular complexity index is 305. The molecule has 156 valence electrons. The van der Waals surface area contributed by atoms with Crippen molar-refractivity contribution in [3.8, 4) is 0 Å². The molecule has 0 aromatic carbocycles. The zero-order chi connectivity index (χ0) is 19.6. The number of hydrogen-bond donors (Lipinski definition) is 6. The van der Waals surface area contributed by atoms with Crippen molar-refractivity contribution in [3.63, 3.8) is 0 Å². The van der Waals surface area contributed by atoms with Crippen molar-refractivity contribution < 1.29 is 30.6 Å². The summed E-state index contributed by atoms with van der Waals surface area (Å²) in [5, 5.41) is 53.2. The minimum atomic E-state index is -1.11. The van der Waals surface area contributed by atoms with Crippen molar-refractivity contribution in [2.75, 3.05) is 26.4 Å². The van der Waals surface area contributed by atoms with Crippen LogP contribution >= 0.6 is 0 Å². The highest BCUT2D eigenvalue weighted by Gasteiger charge is 2.33. The highest BCUT2D eigenvalue weighted by molar-refractivity contribution is 4.84. The van der Waals surface area contributed by atoms with E-state index in [0.717, 1.165) is 43.4 Å². The molecule has 6 heteroatoms. The third-order valence-electron chi connectivity index (χ3n) is 6.51. The molecule has 0 aliphatic heterocycles. The molecule has 6 N–H and O–H groups in total. The van der Waals surface area contributed by atoms with Crippen LogP contribution < -0.4 is 0 Å². The third-order valence-corrected chi connectivity index (χ3v) is 6.51. The van der Waals surface area contributed by atoms with E-state index in [4.69, 9.17) is 20.4 Å². The number of aliphatic hydroxyl groups is 6. The van der Waals surface area contributed by atoms with Gasteiger partial charge in [-0.15, -0.1) is 0 Å². The highest BCUT2D eigenvalue weighted by Crippen LogP contribution is 2.41. The molecule has 2 aliphatic rings. The summed E-state index contributed by atoms with van der Waals surface area (Å²) in [5.74, 6) is 2.52. The molecule has 0 unspecified atom stereocenters. The molecule has 2 saturated carbocycles. The quantitative estimate of drug-likeness (QED) is 0.395. The fraction of sp³-hybridized carbons (Fsp3) is 1.00. The molecule has 26 heavy (non-hydrogen) atoms. The van der Waals surface area contributed by atoms with Gasteiger partial charge in [-0.1, -0.05) is 13.3 Å². The van der Waals surface area contributed by atoms with Gasteiger partial charge in [0.1, 0.15) is 0 Å². The Morgan fingerprint density at radius 1 is 0.654 bits per heavy atom. The van der Waals surface area contributed by atoms with E-state index in [1.54, 1.807) is 0 Å². The molecule has 6 nitrogen and oxygen atoms in total. The van der Waals surface area contributed by atoms with Crippen LogP contribution in [0.2, 0.25) is 0 Å². The van der Waals surface area contributed by atoms with E-state index in [2.05, 4.69) is 6.92 Å². The van der Waals surface area contributed by atoms with Gasteiger partial charge in [-0.2, -0.15) is 0 Å². The van der Waals surface area contributed by atoms with Gasteiger partial charge in [0.05, 0.1) is 44.1 Å². The van der Waals surface area contributed by atoms with E-state index in [9.17, 15) is 10.2 Å². The molecule has 0 aromatic rings. The van der Waals surface area contributed by atoms with Crippen LogP contribution in [0.5, 0.6) is 0 Å². The van der Waals surface area contributed by atoms with E-state index in [1.807, 2.05) is 0 Å². The lowest BCUT2D eigenvalue weighted by molar-refractivity contribution is -0.0328. The first-order chi connectivity index (χ1) is 12.4. The van der Waals surface area contributed by atoms with E-state index < -0.39 is 31.8 Å². The highest BCUT2D eigenvalue weighted by atomic mass is 16.3. The van der Waals surface area contributed by atoms with Crippen LogP contribution in [0, 0.1) is 23.2 Å². The Labute approximate surface area is 157 Å². The molecule has 2 rings (SSSR count). The maximum atomic E-state index is 9.59. The standard InChI is InChI=1S/C15H28O2.C5H12O4/c1-2-15(11-3-7-13(16)8-4-11)12-5-9-14(17)10-6-12;6-1-5(2-7,3-8)4-9/h11-17H,2-10H2,1H3;6-9H,1-4H2. The Hall–Kier alpha value is -0.240. The maximum absolute atomic E-state index is 9.59. The lowest BCUT2D eigenvalue weighted by Gasteiger charge is -2.39. The normalized spacial score (nSPS) is 31.0. The van der Waals surface area contributed by atoms with Gasteiger partial charge >= 0.3 is 0 Å². The largest absolute Gasteiger partial charge is 0.396 e. The lowest BCUT2D eigenvalue weighted by atomic mass is 9.68. The maximum Gasteiger partial charge on any atom is 0.0627 e. The van der Waals surface area contributed by atoms with Crippen molar-refractivity contribution >= 4 is 0 Å². The van der Waals surface area contributed by atoms with Crippen LogP contribution in [0.1, 0.15) is 64.7 Å². The van der Waals surface area contributed by atoms with Crippen LogP contribution in [-0.2, 0) is 0 Å². The average molecular weight is 377 g/mol. The smallest absolute Gasteiger partial charge is 0.0627 e. The van der Waals surface area contributed by atoms with E-state index >= 15 is 0 Å². The summed E-state index contributed by atoms with van der Waals surface area (Å²) in [4.78, 5) is 0. The van der Waals surface area contributed by atoms with Crippen LogP contribution in [0.15, 0.2) is 0 Å². The first kappa shape index (κ1) is 23.8. The summed E-state index contributed by atoms with van der Waals surface area (Å²) in [5.41, 5.74) is -1.11. The van der Waals surface area contributed by atoms with Gasteiger partial charge in [0, 0.05) is 0 Å². The van der Waals surface area contributed by atoms with Gasteiger partial charge in [0.25, 0.3) is 0 Å². The second-order valence-corrected chi connectivity index (χ2v) is 8.34. The Morgan fingerprint density at radius 2 is 0.962 bits per heavy atom. The Kier molecular flexibility index (Phi) is 11.2. The van der Waals surface area contributed by atoms with Gasteiger partial charge in [0.15, 0.2) is 0 Å². The number of rotatable bonds is 7. The molecule has 0 heterocycles. The summed E-state index contributed by atoms with van der Waals surface area (Å²) in [6, 6.07) is 0. The van der Waals surface area contributed by atoms with E-state index in [1.165, 1.54) is 32.1 Å². The van der Waals surface area contributed by atoms with Gasteiger partial charge < -0.3 is 30.6 Å². The van der Waals surface area contributed by atoms with Gasteiger partial charge in [-0.05, 0) is 69.1 Å². The summed E-state index contributed by atoms with van der Waals surface area (Å²) < 4.78 is 0. The lowest BCUT2D eigenvalue weighted by Crippen LogP contribution is -2.37. The van der Waals surface area contributed by atoms with Crippen molar-refractivity contribution in [1.82, 2.24) is 0 Å². The molecule has 0 saturated heterocycles. The van der Waals surface area contributed by atoms with Crippen LogP contribution in [-0.4, -0.2) is 69.3 Å². The first-order valence-corrected chi connectivity index (χ1v) is 10.2. The molecular weight excluding hydrogens is 336 g/mol. The molecule has 0 bridgehead atoms. The molecule has 0 aromatic heterocycles. The van der Waals surface area contributed by atoms with Gasteiger partial charge in [0.2, 0.25) is 0 Å². The Morgan fingerprint density at radius 3 is 1.15 bits per heavy atom. The van der Waals surface area contributed by atoms with Crippen molar-refractivity contribution in [2.24, 2.45) is 23.2 Å². The second kappa shape index (κ2) is 12.3. The fourth-order valence-corrected chi connectivity index (χ4v) is 4.41. The van der Waals surface area contributed by atoms with Crippen LogP contribution in [0.3, 0.4) is 0 Å². The Balaban J connectivity index is 0.000000321. The van der Waals surface area contributed by atoms with Crippen molar-refractivity contribution in [3.05, 3.63) is 0 Å². The zero-order valence-electron chi connectivity index (χ0n) is 16.3. The first-order valence-electron chi connectivity index (χ1n) is 10.2. The molecule has 0 atom stereocenters. The molecule has 0 spiro atoms. The SMILES string of the molecule is CCC(C1CCC(O)CC1)C1CCC(O)CC1.OCC(CO)(CO)CO. The third kappa shape index (κ3) is 7.06. The van der Waals surface area contributed by atoms with Crippen molar-refractivity contribution in [1.29, 1.82) is 0 Å². The average Bonchev–Trinajstić information content (AvgIpc) is 2.68. The summed E-state index contributed by atoms with van der Waals surface area (Å²) in [6.45, 7) is 0.695. The minimum absolute atomic E-state index is 0.0306. The predicted octanol–water partition coefficient (Wildman–Crippen LogP) is 1.06. The number of aliphatic hydroxyl groups excluding tert-OH is 6. The molecule has 0 radical (unpaired) electrons. The summed E-state index contributed by atoms with van der Waals surface area (Å²) in [7, 11) is 0. The van der Waals surface area contributed by atoms with Gasteiger partial charge in [-0.25, -0.2) is 0 Å². The van der Waals surface area contributed by atoms with Crippen molar-refractivity contribution in [2.45, 2.75) is 76.9 Å². The topological polar surface area (TPSA) is 121 Å². The fourth-order valence-electron chi connectivity index (χ4n) is 4.41. The van der Waals surface area contributed by atoms with E-state index in [-0.39, 0.29) is 12.2 Å². The molecule has 0 amide bonds. The molecular formula is C20H40O6. The predicted molar refractivity (Wildman–Crippen MR) is 100 cm³/mol. The molecule has 2 aliphatic carbocycles. The second-order valence-electron chi connectivity index (χ2n) is 8.34. The molecule has 2 fully saturated rings.